The van der Waals surface area contributed by atoms with Gasteiger partial charge in [-0.3, -0.25) is 0 Å². The van der Waals surface area contributed by atoms with Gasteiger partial charge < -0.3 is 9.47 Å². The van der Waals surface area contributed by atoms with Gasteiger partial charge in [-0.1, -0.05) is 12.1 Å². The molecule has 0 aliphatic carbocycles. The van der Waals surface area contributed by atoms with Crippen molar-refractivity contribution in [2.45, 2.75) is 23.0 Å². The van der Waals surface area contributed by atoms with Crippen LogP contribution < -0.4 is 9.47 Å². The number of ether oxygens (including phenoxy) is 2. The van der Waals surface area contributed by atoms with E-state index in [0.717, 1.165) is 18.2 Å². The molecule has 0 unspecified atom stereocenters. The van der Waals surface area contributed by atoms with Crippen LogP contribution in [0.2, 0.25) is 0 Å². The smallest absolute Gasteiger partial charge is 0.424 e. The maximum Gasteiger partial charge on any atom is 0.475 e. The first-order valence-electron chi connectivity index (χ1n) is 7.32. The van der Waals surface area contributed by atoms with Gasteiger partial charge in [0.25, 0.3) is 0 Å². The van der Waals surface area contributed by atoms with Gasteiger partial charge in [0, 0.05) is 15.9 Å². The van der Waals surface area contributed by atoms with E-state index in [4.69, 9.17) is 0 Å². The lowest BCUT2D eigenvalue weighted by atomic mass is 10.1. The van der Waals surface area contributed by atoms with E-state index in [2.05, 4.69) is 25.4 Å². The minimum absolute atomic E-state index is 0.191. The summed E-state index contributed by atoms with van der Waals surface area (Å²) >= 11 is 4.17. The zero-order chi connectivity index (χ0) is 23.1. The molecular weight excluding hydrogens is 574 g/mol. The molecule has 0 aromatic heterocycles. The van der Waals surface area contributed by atoms with Crippen LogP contribution in [-0.2, 0) is 5.92 Å². The Morgan fingerprint density at radius 1 is 0.867 bits per heavy atom. The van der Waals surface area contributed by atoms with Crippen LogP contribution in [0.15, 0.2) is 40.9 Å². The van der Waals surface area contributed by atoms with Crippen LogP contribution in [0.4, 0.5) is 43.9 Å². The minimum atomic E-state index is -4.86. The predicted molar refractivity (Wildman–Crippen MR) is 89.4 cm³/mol. The van der Waals surface area contributed by atoms with Crippen LogP contribution in [0, 0.1) is 11.6 Å². The first-order valence-corrected chi connectivity index (χ1v) is 8.91. The SMILES string of the molecule is Fc1cccc(Br)c1OC(F)(F)C(F)(F)Br.Fc1cccc2c1OC(F)(F)C2(F)F. The Kier molecular flexibility index (Phi) is 6.63. The van der Waals surface area contributed by atoms with Gasteiger partial charge in [-0.15, -0.1) is 0 Å². The van der Waals surface area contributed by atoms with Gasteiger partial charge in [0.05, 0.1) is 10.0 Å². The summed E-state index contributed by atoms with van der Waals surface area (Å²) in [7, 11) is 0. The molecule has 30 heavy (non-hydrogen) atoms. The van der Waals surface area contributed by atoms with Gasteiger partial charge in [-0.2, -0.15) is 35.1 Å². The van der Waals surface area contributed by atoms with Gasteiger partial charge in [-0.05, 0) is 40.2 Å². The Morgan fingerprint density at radius 3 is 1.90 bits per heavy atom. The second-order valence-corrected chi connectivity index (χ2v) is 7.33. The average Bonchev–Trinajstić information content (AvgIpc) is 2.78. The van der Waals surface area contributed by atoms with Crippen LogP contribution in [0.5, 0.6) is 11.5 Å². The number of hydrogen-bond acceptors (Lipinski definition) is 2. The third-order valence-corrected chi connectivity index (χ3v) is 4.47. The summed E-state index contributed by atoms with van der Waals surface area (Å²) < 4.78 is 134. The largest absolute Gasteiger partial charge is 0.475 e. The first kappa shape index (κ1) is 24.6. The number of para-hydroxylation sites is 2. The van der Waals surface area contributed by atoms with Crippen molar-refractivity contribution in [1.82, 2.24) is 0 Å². The summed E-state index contributed by atoms with van der Waals surface area (Å²) in [4.78, 5) is -4.60. The first-order chi connectivity index (χ1) is 13.5. The Bertz CT molecular complexity index is 910. The van der Waals surface area contributed by atoms with E-state index in [0.29, 0.717) is 6.07 Å². The number of hydrogen-bond donors (Lipinski definition) is 0. The molecule has 1 aliphatic rings. The van der Waals surface area contributed by atoms with Crippen molar-refractivity contribution in [2.75, 3.05) is 0 Å². The molecule has 0 atom stereocenters. The van der Waals surface area contributed by atoms with E-state index in [-0.39, 0.29) is 4.47 Å². The molecular formula is C16H6Br2F10O2. The minimum Gasteiger partial charge on any atom is -0.424 e. The molecule has 3 rings (SSSR count). The number of halogens is 12. The lowest BCUT2D eigenvalue weighted by Crippen LogP contribution is -2.40. The zero-order valence-corrected chi connectivity index (χ0v) is 17.0. The molecule has 0 saturated carbocycles. The van der Waals surface area contributed by atoms with Crippen molar-refractivity contribution in [3.05, 3.63) is 58.1 Å². The highest BCUT2D eigenvalue weighted by Crippen LogP contribution is 2.53. The van der Waals surface area contributed by atoms with Gasteiger partial charge in [0.2, 0.25) is 0 Å². The fourth-order valence-corrected chi connectivity index (χ4v) is 2.48. The van der Waals surface area contributed by atoms with E-state index >= 15 is 0 Å². The van der Waals surface area contributed by atoms with Crippen LogP contribution in [0.1, 0.15) is 5.56 Å². The highest BCUT2D eigenvalue weighted by Gasteiger charge is 2.67. The highest BCUT2D eigenvalue weighted by atomic mass is 79.9. The van der Waals surface area contributed by atoms with Crippen molar-refractivity contribution < 1.29 is 53.4 Å². The van der Waals surface area contributed by atoms with Crippen LogP contribution >= 0.6 is 31.9 Å². The Hall–Kier alpha value is -1.70. The van der Waals surface area contributed by atoms with E-state index in [1.807, 2.05) is 0 Å². The quantitative estimate of drug-likeness (QED) is 0.278. The molecule has 1 aliphatic heterocycles. The Morgan fingerprint density at radius 2 is 1.40 bits per heavy atom. The van der Waals surface area contributed by atoms with Gasteiger partial charge in [0.1, 0.15) is 0 Å². The molecule has 166 valence electrons. The number of alkyl halides is 9. The lowest BCUT2D eigenvalue weighted by Gasteiger charge is -2.22. The highest BCUT2D eigenvalue weighted by molar-refractivity contribution is 9.10. The van der Waals surface area contributed by atoms with Crippen molar-refractivity contribution in [3.63, 3.8) is 0 Å². The van der Waals surface area contributed by atoms with Crippen LogP contribution in [0.3, 0.4) is 0 Å². The Balaban J connectivity index is 0.000000215. The van der Waals surface area contributed by atoms with Gasteiger partial charge in [-0.25, -0.2) is 8.78 Å². The summed E-state index contributed by atoms with van der Waals surface area (Å²) in [5, 5.41) is 0. The molecule has 0 radical (unpaired) electrons. The molecule has 0 fully saturated rings. The predicted octanol–water partition coefficient (Wildman–Crippen LogP) is 7.45. The fourth-order valence-electron chi connectivity index (χ4n) is 1.97. The number of rotatable bonds is 3. The summed E-state index contributed by atoms with van der Waals surface area (Å²) in [6.07, 6.45) is -9.55. The van der Waals surface area contributed by atoms with Crippen molar-refractivity contribution >= 4 is 31.9 Å². The molecule has 0 N–H and O–H groups in total. The van der Waals surface area contributed by atoms with Gasteiger partial charge in [0.15, 0.2) is 23.1 Å². The maximum absolute atomic E-state index is 13.0. The molecule has 1 heterocycles. The van der Waals surface area contributed by atoms with E-state index in [1.165, 1.54) is 28.1 Å². The third kappa shape index (κ3) is 4.63. The summed E-state index contributed by atoms with van der Waals surface area (Å²) in [6.45, 7) is 0. The topological polar surface area (TPSA) is 18.5 Å². The van der Waals surface area contributed by atoms with Crippen LogP contribution in [-0.4, -0.2) is 17.0 Å². The maximum atomic E-state index is 13.0. The average molecular weight is 580 g/mol. The zero-order valence-electron chi connectivity index (χ0n) is 13.8. The second kappa shape index (κ2) is 8.09. The molecule has 0 spiro atoms. The number of fused-ring (bicyclic) bond motifs is 1. The van der Waals surface area contributed by atoms with E-state index in [9.17, 15) is 43.9 Å². The lowest BCUT2D eigenvalue weighted by molar-refractivity contribution is -0.296. The van der Waals surface area contributed by atoms with Crippen molar-refractivity contribution in [2.24, 2.45) is 0 Å². The van der Waals surface area contributed by atoms with Crippen molar-refractivity contribution in [3.8, 4) is 11.5 Å². The number of benzene rings is 2. The Labute approximate surface area is 178 Å². The normalized spacial score (nSPS) is 16.8. The van der Waals surface area contributed by atoms with Crippen LogP contribution in [0.25, 0.3) is 0 Å². The van der Waals surface area contributed by atoms with E-state index < -0.39 is 51.7 Å². The molecule has 2 nitrogen and oxygen atoms in total. The second-order valence-electron chi connectivity index (χ2n) is 5.48. The molecule has 0 bridgehead atoms. The molecule has 2 aromatic carbocycles. The fraction of sp³-hybridized carbons (Fsp3) is 0.250. The van der Waals surface area contributed by atoms with Crippen molar-refractivity contribution in [1.29, 1.82) is 0 Å². The van der Waals surface area contributed by atoms with Gasteiger partial charge >= 0.3 is 23.0 Å². The summed E-state index contributed by atoms with van der Waals surface area (Å²) in [5.41, 5.74) is -1.12. The summed E-state index contributed by atoms with van der Waals surface area (Å²) in [6, 6.07) is 5.60. The molecule has 2 aromatic rings. The summed E-state index contributed by atoms with van der Waals surface area (Å²) in [5.74, 6) is -8.94. The molecule has 0 saturated heterocycles. The monoisotopic (exact) mass is 578 g/mol. The third-order valence-electron chi connectivity index (χ3n) is 3.38. The van der Waals surface area contributed by atoms with E-state index in [1.54, 1.807) is 0 Å². The molecule has 14 heteroatoms. The molecule has 0 amide bonds. The standard InChI is InChI=1S/C8H3Br2F5O.C8H3F5O/c9-4-2-1-3-5(11)6(4)16-8(14,15)7(10,12)13;9-5-3-1-2-4-6(5)14-8(12,13)7(4,10)11/h1-3H;1-3H.